The van der Waals surface area contributed by atoms with E-state index in [1.54, 1.807) is 6.07 Å². The molecule has 9 heteroatoms. The fourth-order valence-corrected chi connectivity index (χ4v) is 3.17. The Hall–Kier alpha value is -2.29. The summed E-state index contributed by atoms with van der Waals surface area (Å²) >= 11 is 0. The normalized spacial score (nSPS) is 12.8. The molecule has 0 saturated heterocycles. The van der Waals surface area contributed by atoms with Crippen molar-refractivity contribution in [1.82, 2.24) is 15.2 Å². The van der Waals surface area contributed by atoms with Gasteiger partial charge in [0.15, 0.2) is 5.82 Å². The van der Waals surface area contributed by atoms with Gasteiger partial charge in [-0.1, -0.05) is 20.3 Å². The Labute approximate surface area is 134 Å². The number of aromatic nitrogens is 3. The van der Waals surface area contributed by atoms with Crippen LogP contribution in [0.4, 0.5) is 5.82 Å². The number of carbonyl (C=O) groups excluding carboxylic acids is 1. The SMILES string of the molecule is CCCC(C)c1cc(NS(=O)(=O)c2c[nH]c(C(=O)OC)c2)n[nH]1. The molecule has 2 aromatic rings. The second kappa shape index (κ2) is 6.86. The molecule has 0 fully saturated rings. The summed E-state index contributed by atoms with van der Waals surface area (Å²) in [5, 5.41) is 6.81. The Balaban J connectivity index is 2.15. The zero-order valence-electron chi connectivity index (χ0n) is 13.2. The number of sulfonamides is 1. The number of nitrogens with one attached hydrogen (secondary N) is 3. The maximum atomic E-state index is 12.3. The van der Waals surface area contributed by atoms with E-state index in [0.29, 0.717) is 0 Å². The Kier molecular flexibility index (Phi) is 5.09. The van der Waals surface area contributed by atoms with E-state index in [1.807, 2.05) is 6.92 Å². The van der Waals surface area contributed by atoms with Gasteiger partial charge in [-0.15, -0.1) is 0 Å². The first kappa shape index (κ1) is 17.1. The van der Waals surface area contributed by atoms with Gasteiger partial charge in [-0.2, -0.15) is 5.10 Å². The van der Waals surface area contributed by atoms with Crippen LogP contribution in [0.5, 0.6) is 0 Å². The molecule has 3 N–H and O–H groups in total. The highest BCUT2D eigenvalue weighted by Gasteiger charge is 2.20. The highest BCUT2D eigenvalue weighted by molar-refractivity contribution is 7.92. The lowest BCUT2D eigenvalue weighted by atomic mass is 10.0. The number of aromatic amines is 2. The van der Waals surface area contributed by atoms with Crippen molar-refractivity contribution in [2.75, 3.05) is 11.8 Å². The van der Waals surface area contributed by atoms with Gasteiger partial charge < -0.3 is 9.72 Å². The molecule has 2 heterocycles. The number of hydrogen-bond acceptors (Lipinski definition) is 5. The number of ether oxygens (including phenoxy) is 1. The van der Waals surface area contributed by atoms with Gasteiger partial charge in [-0.3, -0.25) is 9.82 Å². The number of methoxy groups -OCH3 is 1. The summed E-state index contributed by atoms with van der Waals surface area (Å²) in [4.78, 5) is 13.9. The Morgan fingerprint density at radius 1 is 1.43 bits per heavy atom. The summed E-state index contributed by atoms with van der Waals surface area (Å²) in [5.41, 5.74) is 0.932. The van der Waals surface area contributed by atoms with Crippen LogP contribution in [0.25, 0.3) is 0 Å². The molecule has 23 heavy (non-hydrogen) atoms. The first-order chi connectivity index (χ1) is 10.9. The summed E-state index contributed by atoms with van der Waals surface area (Å²) in [6, 6.07) is 2.88. The lowest BCUT2D eigenvalue weighted by molar-refractivity contribution is 0.0594. The topological polar surface area (TPSA) is 117 Å². The average Bonchev–Trinajstić information content (AvgIpc) is 3.15. The van der Waals surface area contributed by atoms with E-state index in [1.165, 1.54) is 19.4 Å². The smallest absolute Gasteiger partial charge is 0.354 e. The molecule has 1 atom stereocenters. The number of hydrogen-bond donors (Lipinski definition) is 3. The van der Waals surface area contributed by atoms with E-state index in [0.717, 1.165) is 18.5 Å². The molecule has 8 nitrogen and oxygen atoms in total. The third-order valence-corrected chi connectivity index (χ3v) is 4.80. The van der Waals surface area contributed by atoms with Crippen molar-refractivity contribution in [2.24, 2.45) is 0 Å². The van der Waals surface area contributed by atoms with Crippen LogP contribution in [0.2, 0.25) is 0 Å². The highest BCUT2D eigenvalue weighted by atomic mass is 32.2. The summed E-state index contributed by atoms with van der Waals surface area (Å²) in [7, 11) is -2.61. The lowest BCUT2D eigenvalue weighted by Gasteiger charge is -2.05. The van der Waals surface area contributed by atoms with E-state index in [2.05, 4.69) is 31.6 Å². The van der Waals surface area contributed by atoms with Crippen LogP contribution in [-0.4, -0.2) is 36.7 Å². The second-order valence-electron chi connectivity index (χ2n) is 5.24. The van der Waals surface area contributed by atoms with Crippen molar-refractivity contribution in [3.05, 3.63) is 29.7 Å². The first-order valence-electron chi connectivity index (χ1n) is 7.22. The summed E-state index contributed by atoms with van der Waals surface area (Å²) < 4.78 is 31.5. The largest absolute Gasteiger partial charge is 0.464 e. The number of nitrogens with zero attached hydrogens (tertiary/aromatic N) is 1. The molecule has 0 saturated carbocycles. The van der Waals surface area contributed by atoms with E-state index in [-0.39, 0.29) is 22.3 Å². The molecular formula is C14H20N4O4S. The molecule has 126 valence electrons. The van der Waals surface area contributed by atoms with Crippen LogP contribution in [-0.2, 0) is 14.8 Å². The van der Waals surface area contributed by atoms with Gasteiger partial charge in [0.2, 0.25) is 0 Å². The molecule has 0 aliphatic rings. The molecular weight excluding hydrogens is 320 g/mol. The van der Waals surface area contributed by atoms with Gasteiger partial charge in [0, 0.05) is 18.0 Å². The van der Waals surface area contributed by atoms with Gasteiger partial charge >= 0.3 is 5.97 Å². The van der Waals surface area contributed by atoms with Crippen LogP contribution >= 0.6 is 0 Å². The minimum absolute atomic E-state index is 0.0622. The molecule has 0 aliphatic heterocycles. The molecule has 1 unspecified atom stereocenters. The average molecular weight is 340 g/mol. The van der Waals surface area contributed by atoms with Crippen molar-refractivity contribution < 1.29 is 17.9 Å². The molecule has 0 bridgehead atoms. The van der Waals surface area contributed by atoms with Crippen LogP contribution < -0.4 is 4.72 Å². The van der Waals surface area contributed by atoms with E-state index in [9.17, 15) is 13.2 Å². The summed E-state index contributed by atoms with van der Waals surface area (Å²) in [5.74, 6) is -0.158. The zero-order chi connectivity index (χ0) is 17.0. The summed E-state index contributed by atoms with van der Waals surface area (Å²) in [6.07, 6.45) is 3.23. The Morgan fingerprint density at radius 3 is 2.83 bits per heavy atom. The standard InChI is InChI=1S/C14H20N4O4S/c1-4-5-9(2)11-7-13(17-16-11)18-23(20,21)10-6-12(15-8-10)14(19)22-3/h6-9,15H,4-5H2,1-3H3,(H2,16,17,18). The second-order valence-corrected chi connectivity index (χ2v) is 6.93. The molecule has 0 radical (unpaired) electrons. The number of rotatable bonds is 7. The van der Waals surface area contributed by atoms with Crippen LogP contribution in [0.3, 0.4) is 0 Å². The van der Waals surface area contributed by atoms with Gasteiger partial charge in [0.1, 0.15) is 10.6 Å². The zero-order valence-corrected chi connectivity index (χ0v) is 14.0. The molecule has 2 aromatic heterocycles. The van der Waals surface area contributed by atoms with E-state index >= 15 is 0 Å². The maximum absolute atomic E-state index is 12.3. The fraction of sp³-hybridized carbons (Fsp3) is 0.429. The molecule has 2 rings (SSSR count). The maximum Gasteiger partial charge on any atom is 0.354 e. The van der Waals surface area contributed by atoms with Crippen molar-refractivity contribution >= 4 is 21.8 Å². The van der Waals surface area contributed by atoms with E-state index in [4.69, 9.17) is 0 Å². The number of anilines is 1. The van der Waals surface area contributed by atoms with Gasteiger partial charge in [-0.05, 0) is 18.4 Å². The molecule has 0 amide bonds. The lowest BCUT2D eigenvalue weighted by Crippen LogP contribution is -2.12. The Bertz CT molecular complexity index is 778. The number of H-pyrrole nitrogens is 2. The van der Waals surface area contributed by atoms with Crippen LogP contribution in [0.15, 0.2) is 23.2 Å². The monoisotopic (exact) mass is 340 g/mol. The van der Waals surface area contributed by atoms with Gasteiger partial charge in [0.05, 0.1) is 7.11 Å². The Morgan fingerprint density at radius 2 is 2.17 bits per heavy atom. The third kappa shape index (κ3) is 3.92. The highest BCUT2D eigenvalue weighted by Crippen LogP contribution is 2.22. The predicted octanol–water partition coefficient (Wildman–Crippen LogP) is 2.23. The van der Waals surface area contributed by atoms with Gasteiger partial charge in [-0.25, -0.2) is 13.2 Å². The van der Waals surface area contributed by atoms with Crippen LogP contribution in [0, 0.1) is 0 Å². The number of esters is 1. The number of carbonyl (C=O) groups is 1. The molecule has 0 aliphatic carbocycles. The molecule has 0 spiro atoms. The first-order valence-corrected chi connectivity index (χ1v) is 8.70. The predicted molar refractivity (Wildman–Crippen MR) is 84.9 cm³/mol. The van der Waals surface area contributed by atoms with Crippen molar-refractivity contribution in [3.8, 4) is 0 Å². The van der Waals surface area contributed by atoms with Crippen LogP contribution in [0.1, 0.15) is 48.8 Å². The van der Waals surface area contributed by atoms with Crippen molar-refractivity contribution in [3.63, 3.8) is 0 Å². The molecule has 0 aromatic carbocycles. The minimum Gasteiger partial charge on any atom is -0.464 e. The third-order valence-electron chi connectivity index (χ3n) is 3.46. The minimum atomic E-state index is -3.83. The summed E-state index contributed by atoms with van der Waals surface area (Å²) in [6.45, 7) is 4.13. The van der Waals surface area contributed by atoms with Gasteiger partial charge in [0.25, 0.3) is 10.0 Å². The van der Waals surface area contributed by atoms with E-state index < -0.39 is 16.0 Å². The van der Waals surface area contributed by atoms with Crippen molar-refractivity contribution in [2.45, 2.75) is 37.5 Å². The fourth-order valence-electron chi connectivity index (χ4n) is 2.18. The van der Waals surface area contributed by atoms with Crippen molar-refractivity contribution in [1.29, 1.82) is 0 Å². The quantitative estimate of drug-likeness (QED) is 0.668.